The maximum Gasteiger partial charge on any atom is 0.347 e. The Kier molecular flexibility index (Phi) is 6.37. The van der Waals surface area contributed by atoms with Crippen LogP contribution in [0.15, 0.2) is 66.0 Å². The summed E-state index contributed by atoms with van der Waals surface area (Å²) in [7, 11) is 0. The number of tetrazole rings is 1. The van der Waals surface area contributed by atoms with Gasteiger partial charge in [-0.1, -0.05) is 67.5 Å². The predicted molar refractivity (Wildman–Crippen MR) is 123 cm³/mol. The lowest BCUT2D eigenvalue weighted by Crippen LogP contribution is -2.25. The number of nitrogens with zero attached hydrogens (tertiary/aromatic N) is 6. The largest absolute Gasteiger partial charge is 0.347 e. The topological polar surface area (TPSA) is 94.3 Å². The molecule has 0 spiro atoms. The Balaban J connectivity index is 1.64. The first-order chi connectivity index (χ1) is 15.7. The molecule has 0 saturated carbocycles. The van der Waals surface area contributed by atoms with Crippen LogP contribution in [0.4, 0.5) is 0 Å². The molecule has 0 aliphatic heterocycles. The molecule has 8 nitrogen and oxygen atoms in total. The molecule has 4 aromatic rings. The van der Waals surface area contributed by atoms with Gasteiger partial charge in [-0.05, 0) is 39.5 Å². The van der Waals surface area contributed by atoms with Crippen molar-refractivity contribution < 1.29 is 0 Å². The van der Waals surface area contributed by atoms with Crippen molar-refractivity contribution in [3.63, 3.8) is 0 Å². The lowest BCUT2D eigenvalue weighted by molar-refractivity contribution is 0.587. The van der Waals surface area contributed by atoms with Crippen LogP contribution in [-0.2, 0) is 13.1 Å². The minimum Gasteiger partial charge on any atom is -0.264 e. The van der Waals surface area contributed by atoms with Gasteiger partial charge in [-0.2, -0.15) is 0 Å². The molecular formula is C24H23N7O. The molecule has 32 heavy (non-hydrogen) atoms. The lowest BCUT2D eigenvalue weighted by atomic mass is 9.98. The summed E-state index contributed by atoms with van der Waals surface area (Å²) in [5.41, 5.74) is 3.78. The molecule has 0 aliphatic carbocycles. The van der Waals surface area contributed by atoms with Crippen molar-refractivity contribution in [3.8, 4) is 34.4 Å². The number of aromatic nitrogens is 7. The number of allylic oxidation sites excluding steroid dienone is 1. The van der Waals surface area contributed by atoms with Gasteiger partial charge in [0.2, 0.25) is 5.82 Å². The van der Waals surface area contributed by atoms with E-state index in [4.69, 9.17) is 0 Å². The fourth-order valence-corrected chi connectivity index (χ4v) is 3.39. The van der Waals surface area contributed by atoms with Crippen molar-refractivity contribution in [3.05, 3.63) is 83.1 Å². The fourth-order valence-electron chi connectivity index (χ4n) is 3.39. The van der Waals surface area contributed by atoms with E-state index in [1.54, 1.807) is 10.6 Å². The van der Waals surface area contributed by atoms with Crippen LogP contribution in [0.1, 0.15) is 31.2 Å². The van der Waals surface area contributed by atoms with Crippen molar-refractivity contribution in [2.24, 2.45) is 0 Å². The van der Waals surface area contributed by atoms with Gasteiger partial charge in [0.05, 0.1) is 6.54 Å². The molecule has 160 valence electrons. The lowest BCUT2D eigenvalue weighted by Gasteiger charge is -2.09. The van der Waals surface area contributed by atoms with E-state index in [2.05, 4.69) is 44.1 Å². The molecule has 0 saturated heterocycles. The van der Waals surface area contributed by atoms with E-state index in [-0.39, 0.29) is 5.69 Å². The minimum absolute atomic E-state index is 0.167. The highest BCUT2D eigenvalue weighted by molar-refractivity contribution is 5.80. The number of hydrogen-bond donors (Lipinski definition) is 1. The van der Waals surface area contributed by atoms with Gasteiger partial charge in [0, 0.05) is 18.5 Å². The van der Waals surface area contributed by atoms with Crippen LogP contribution in [-0.4, -0.2) is 35.0 Å². The van der Waals surface area contributed by atoms with Crippen molar-refractivity contribution in [2.45, 2.75) is 32.9 Å². The second-order valence-corrected chi connectivity index (χ2v) is 7.14. The molecule has 2 aromatic heterocycles. The van der Waals surface area contributed by atoms with Crippen LogP contribution in [0, 0.1) is 11.8 Å². The molecular weight excluding hydrogens is 402 g/mol. The summed E-state index contributed by atoms with van der Waals surface area (Å²) in [5.74, 6) is 7.12. The van der Waals surface area contributed by atoms with E-state index >= 15 is 0 Å². The number of nitrogens with one attached hydrogen (secondary N) is 1. The monoisotopic (exact) mass is 425 g/mol. The van der Waals surface area contributed by atoms with E-state index in [0.717, 1.165) is 22.3 Å². The van der Waals surface area contributed by atoms with Crippen molar-refractivity contribution in [2.75, 3.05) is 0 Å². The normalized spacial score (nSPS) is 10.5. The maximum atomic E-state index is 12.9. The minimum atomic E-state index is -0.167. The van der Waals surface area contributed by atoms with Gasteiger partial charge in [0.15, 0.2) is 5.82 Å². The fraction of sp³-hybridized carbons (Fsp3) is 0.208. The van der Waals surface area contributed by atoms with Crippen LogP contribution in [0.25, 0.3) is 22.5 Å². The highest BCUT2D eigenvalue weighted by atomic mass is 16.2. The molecule has 0 amide bonds. The summed E-state index contributed by atoms with van der Waals surface area (Å²) in [6.45, 7) is 6.57. The summed E-state index contributed by atoms with van der Waals surface area (Å²) >= 11 is 0. The molecule has 4 rings (SSSR count). The Morgan fingerprint density at radius 3 is 2.59 bits per heavy atom. The standard InChI is InChI=1S/C24H23N7O/c1-3-5-11-22-27-31(16-6-4-2)24(32)30(22)17-18-12-14-19(15-13-18)20-9-7-8-10-21(20)23-25-28-29-26-23/h4,7-10,12-15H,2-3,6,16-17H2,1H3,(H,25,26,28,29). The zero-order valence-electron chi connectivity index (χ0n) is 17.8. The third-order valence-corrected chi connectivity index (χ3v) is 4.98. The second-order valence-electron chi connectivity index (χ2n) is 7.14. The maximum absolute atomic E-state index is 12.9. The van der Waals surface area contributed by atoms with Gasteiger partial charge in [-0.25, -0.2) is 14.6 Å². The van der Waals surface area contributed by atoms with Crippen LogP contribution in [0.3, 0.4) is 0 Å². The molecule has 1 N–H and O–H groups in total. The van der Waals surface area contributed by atoms with Crippen LogP contribution < -0.4 is 5.69 Å². The molecule has 0 unspecified atom stereocenters. The summed E-state index contributed by atoms with van der Waals surface area (Å²) < 4.78 is 3.08. The van der Waals surface area contributed by atoms with Crippen molar-refractivity contribution in [1.82, 2.24) is 35.0 Å². The smallest absolute Gasteiger partial charge is 0.264 e. The van der Waals surface area contributed by atoms with E-state index in [0.29, 0.717) is 37.6 Å². The van der Waals surface area contributed by atoms with Gasteiger partial charge in [-0.3, -0.25) is 4.57 Å². The highest BCUT2D eigenvalue weighted by Gasteiger charge is 2.13. The number of H-pyrrole nitrogens is 1. The Morgan fingerprint density at radius 2 is 1.91 bits per heavy atom. The van der Waals surface area contributed by atoms with Crippen LogP contribution >= 0.6 is 0 Å². The Hall–Kier alpha value is -4.25. The van der Waals surface area contributed by atoms with Crippen molar-refractivity contribution >= 4 is 0 Å². The zero-order chi connectivity index (χ0) is 22.3. The third kappa shape index (κ3) is 4.42. The SMILES string of the molecule is C=CCCn1nc(C#CCC)n(Cc2ccc(-c3ccccc3-c3nnn[nH]3)cc2)c1=O. The summed E-state index contributed by atoms with van der Waals surface area (Å²) in [6, 6.07) is 16.0. The summed E-state index contributed by atoms with van der Waals surface area (Å²) in [5, 5.41) is 18.6. The van der Waals surface area contributed by atoms with E-state index in [1.807, 2.05) is 55.5 Å². The number of aryl methyl sites for hydroxylation is 1. The van der Waals surface area contributed by atoms with E-state index < -0.39 is 0 Å². The number of rotatable bonds is 7. The van der Waals surface area contributed by atoms with E-state index in [9.17, 15) is 4.79 Å². The van der Waals surface area contributed by atoms with Gasteiger partial charge in [-0.15, -0.1) is 16.8 Å². The highest BCUT2D eigenvalue weighted by Crippen LogP contribution is 2.29. The first-order valence-corrected chi connectivity index (χ1v) is 10.4. The first-order valence-electron chi connectivity index (χ1n) is 10.4. The molecule has 8 heteroatoms. The average molecular weight is 425 g/mol. The average Bonchev–Trinajstić information content (AvgIpc) is 3.46. The molecule has 0 atom stereocenters. The molecule has 0 bridgehead atoms. The number of aromatic amines is 1. The quantitative estimate of drug-likeness (QED) is 0.362. The van der Waals surface area contributed by atoms with Gasteiger partial charge in [0.1, 0.15) is 0 Å². The second kappa shape index (κ2) is 9.71. The van der Waals surface area contributed by atoms with Gasteiger partial charge in [0.25, 0.3) is 0 Å². The van der Waals surface area contributed by atoms with Crippen LogP contribution in [0.5, 0.6) is 0 Å². The van der Waals surface area contributed by atoms with Crippen molar-refractivity contribution in [1.29, 1.82) is 0 Å². The molecule has 0 radical (unpaired) electrons. The number of benzene rings is 2. The van der Waals surface area contributed by atoms with Gasteiger partial charge < -0.3 is 0 Å². The van der Waals surface area contributed by atoms with Gasteiger partial charge >= 0.3 is 5.69 Å². The first kappa shape index (κ1) is 21.0. The molecule has 0 aliphatic rings. The molecule has 0 fully saturated rings. The Morgan fingerprint density at radius 1 is 1.12 bits per heavy atom. The van der Waals surface area contributed by atoms with E-state index in [1.165, 1.54) is 4.68 Å². The Labute approximate surface area is 185 Å². The Bertz CT molecular complexity index is 1320. The zero-order valence-corrected chi connectivity index (χ0v) is 17.8. The molecule has 2 aromatic carbocycles. The summed E-state index contributed by atoms with van der Waals surface area (Å²) in [6.07, 6.45) is 3.14. The summed E-state index contributed by atoms with van der Waals surface area (Å²) in [4.78, 5) is 12.9. The predicted octanol–water partition coefficient (Wildman–Crippen LogP) is 3.28. The van der Waals surface area contributed by atoms with Crippen LogP contribution in [0.2, 0.25) is 0 Å². The third-order valence-electron chi connectivity index (χ3n) is 4.98. The number of hydrogen-bond acceptors (Lipinski definition) is 5. The molecule has 2 heterocycles.